The van der Waals surface area contributed by atoms with Gasteiger partial charge in [0.2, 0.25) is 0 Å². The van der Waals surface area contributed by atoms with Crippen molar-refractivity contribution in [3.05, 3.63) is 138 Å². The van der Waals surface area contributed by atoms with Gasteiger partial charge in [-0.15, -0.1) is 0 Å². The lowest BCUT2D eigenvalue weighted by atomic mass is 10.1. The normalized spacial score (nSPS) is 16.2. The SMILES string of the molecule is CC(c1ccc(F)cc1)n1cc(C2CC2)cc(Br)c1=O.CC(c1ccc(F)cc1)n1cc(C2CC2)ccc1=O. The quantitative estimate of drug-likeness (QED) is 0.230. The highest BCUT2D eigenvalue weighted by Crippen LogP contribution is 2.41. The number of benzene rings is 2. The number of pyridine rings is 2. The Hall–Kier alpha value is -3.32. The van der Waals surface area contributed by atoms with Crippen molar-refractivity contribution >= 4 is 15.9 Å². The Morgan fingerprint density at radius 3 is 1.67 bits per heavy atom. The molecule has 2 aliphatic carbocycles. The summed E-state index contributed by atoms with van der Waals surface area (Å²) in [4.78, 5) is 24.3. The Labute approximate surface area is 235 Å². The molecule has 0 aliphatic heterocycles. The van der Waals surface area contributed by atoms with Gasteiger partial charge in [0.25, 0.3) is 11.1 Å². The third-order valence-corrected chi connectivity index (χ3v) is 8.19. The smallest absolute Gasteiger partial charge is 0.265 e. The predicted molar refractivity (Wildman–Crippen MR) is 153 cm³/mol. The van der Waals surface area contributed by atoms with E-state index in [2.05, 4.69) is 15.9 Å². The number of aromatic nitrogens is 2. The number of hydrogen-bond acceptors (Lipinski definition) is 2. The summed E-state index contributed by atoms with van der Waals surface area (Å²) in [6.45, 7) is 3.92. The van der Waals surface area contributed by atoms with Crippen molar-refractivity contribution in [3.8, 4) is 0 Å². The average molecular weight is 594 g/mol. The Bertz CT molecular complexity index is 1570. The zero-order valence-corrected chi connectivity index (χ0v) is 23.6. The van der Waals surface area contributed by atoms with E-state index in [9.17, 15) is 18.4 Å². The highest BCUT2D eigenvalue weighted by molar-refractivity contribution is 9.10. The molecule has 6 rings (SSSR count). The number of halogens is 3. The van der Waals surface area contributed by atoms with Gasteiger partial charge < -0.3 is 9.13 Å². The first-order valence-corrected chi connectivity index (χ1v) is 14.1. The van der Waals surface area contributed by atoms with Crippen LogP contribution in [0.1, 0.15) is 85.7 Å². The molecule has 4 nitrogen and oxygen atoms in total. The van der Waals surface area contributed by atoms with Crippen LogP contribution in [0.5, 0.6) is 0 Å². The first-order chi connectivity index (χ1) is 18.7. The fourth-order valence-corrected chi connectivity index (χ4v) is 5.27. The fraction of sp³-hybridized carbons (Fsp3) is 0.312. The molecule has 0 spiro atoms. The van der Waals surface area contributed by atoms with Gasteiger partial charge in [-0.3, -0.25) is 9.59 Å². The van der Waals surface area contributed by atoms with E-state index in [1.807, 2.05) is 38.4 Å². The molecule has 2 heterocycles. The second kappa shape index (κ2) is 11.4. The molecule has 2 unspecified atom stereocenters. The molecule has 0 saturated heterocycles. The molecular weight excluding hydrogens is 562 g/mol. The number of hydrogen-bond donors (Lipinski definition) is 0. The molecule has 2 fully saturated rings. The van der Waals surface area contributed by atoms with Gasteiger partial charge in [0.05, 0.1) is 16.6 Å². The van der Waals surface area contributed by atoms with Crippen LogP contribution in [-0.2, 0) is 0 Å². The lowest BCUT2D eigenvalue weighted by Gasteiger charge is -2.17. The van der Waals surface area contributed by atoms with Crippen molar-refractivity contribution in [2.45, 2.75) is 63.5 Å². The fourth-order valence-electron chi connectivity index (χ4n) is 4.80. The van der Waals surface area contributed by atoms with E-state index < -0.39 is 0 Å². The van der Waals surface area contributed by atoms with E-state index in [4.69, 9.17) is 0 Å². The zero-order chi connectivity index (χ0) is 27.7. The molecule has 0 N–H and O–H groups in total. The molecule has 0 amide bonds. The van der Waals surface area contributed by atoms with Crippen LogP contribution in [0.3, 0.4) is 0 Å². The van der Waals surface area contributed by atoms with Crippen LogP contribution < -0.4 is 11.1 Å². The molecular formula is C32H31BrF2N2O2. The van der Waals surface area contributed by atoms with E-state index >= 15 is 0 Å². The van der Waals surface area contributed by atoms with E-state index in [1.54, 1.807) is 39.5 Å². The molecule has 2 aliphatic rings. The lowest BCUT2D eigenvalue weighted by molar-refractivity contribution is 0.599. The molecule has 2 aromatic carbocycles. The zero-order valence-electron chi connectivity index (χ0n) is 22.0. The maximum Gasteiger partial charge on any atom is 0.265 e. The maximum atomic E-state index is 13.0. The average Bonchev–Trinajstić information content (AvgIpc) is 3.84. The predicted octanol–water partition coefficient (Wildman–Crippen LogP) is 7.71. The second-order valence-corrected chi connectivity index (χ2v) is 11.4. The van der Waals surface area contributed by atoms with Gasteiger partial charge in [0.15, 0.2) is 0 Å². The molecule has 7 heteroatoms. The van der Waals surface area contributed by atoms with Gasteiger partial charge in [0, 0.05) is 18.5 Å². The largest absolute Gasteiger partial charge is 0.308 e. The number of nitrogens with zero attached hydrogens (tertiary/aromatic N) is 2. The van der Waals surface area contributed by atoms with Crippen LogP contribution in [0, 0.1) is 11.6 Å². The topological polar surface area (TPSA) is 44.0 Å². The van der Waals surface area contributed by atoms with Crippen LogP contribution >= 0.6 is 15.9 Å². The van der Waals surface area contributed by atoms with E-state index in [-0.39, 0.29) is 34.8 Å². The summed E-state index contributed by atoms with van der Waals surface area (Å²) in [5, 5.41) is 0. The summed E-state index contributed by atoms with van der Waals surface area (Å²) >= 11 is 3.35. The van der Waals surface area contributed by atoms with Gasteiger partial charge in [-0.05, 0) is 120 Å². The summed E-state index contributed by atoms with van der Waals surface area (Å²) in [5.74, 6) is 0.682. The molecule has 0 bridgehead atoms. The molecule has 39 heavy (non-hydrogen) atoms. The van der Waals surface area contributed by atoms with Crippen molar-refractivity contribution in [1.82, 2.24) is 9.13 Å². The van der Waals surface area contributed by atoms with Crippen LogP contribution in [0.15, 0.2) is 93.2 Å². The van der Waals surface area contributed by atoms with Gasteiger partial charge in [-0.2, -0.15) is 0 Å². The molecule has 202 valence electrons. The highest BCUT2D eigenvalue weighted by Gasteiger charge is 2.26. The van der Waals surface area contributed by atoms with Gasteiger partial charge >= 0.3 is 0 Å². The highest BCUT2D eigenvalue weighted by atomic mass is 79.9. The maximum absolute atomic E-state index is 13.0. The monoisotopic (exact) mass is 592 g/mol. The summed E-state index contributed by atoms with van der Waals surface area (Å²) < 4.78 is 30.0. The second-order valence-electron chi connectivity index (χ2n) is 10.5. The first-order valence-electron chi connectivity index (χ1n) is 13.4. The summed E-state index contributed by atoms with van der Waals surface area (Å²) in [6.07, 6.45) is 8.70. The van der Waals surface area contributed by atoms with Gasteiger partial charge in [-0.25, -0.2) is 8.78 Å². The van der Waals surface area contributed by atoms with Crippen LogP contribution in [0.25, 0.3) is 0 Å². The Morgan fingerprint density at radius 2 is 1.15 bits per heavy atom. The number of rotatable bonds is 6. The van der Waals surface area contributed by atoms with Crippen molar-refractivity contribution in [2.24, 2.45) is 0 Å². The van der Waals surface area contributed by atoms with Crippen molar-refractivity contribution in [3.63, 3.8) is 0 Å². The van der Waals surface area contributed by atoms with Crippen molar-refractivity contribution in [1.29, 1.82) is 0 Å². The Morgan fingerprint density at radius 1 is 0.692 bits per heavy atom. The van der Waals surface area contributed by atoms with Crippen molar-refractivity contribution < 1.29 is 8.78 Å². The van der Waals surface area contributed by atoms with Crippen LogP contribution in [0.2, 0.25) is 0 Å². The molecule has 2 atom stereocenters. The van der Waals surface area contributed by atoms with E-state index in [0.29, 0.717) is 16.3 Å². The summed E-state index contributed by atoms with van der Waals surface area (Å²) in [5.41, 5.74) is 4.23. The minimum Gasteiger partial charge on any atom is -0.308 e. The van der Waals surface area contributed by atoms with Gasteiger partial charge in [-0.1, -0.05) is 30.3 Å². The standard InChI is InChI=1S/C16H15BrFNO.C16H16FNO/c1-10(11-4-6-14(18)7-5-11)19-9-13(12-2-3-12)8-15(17)16(19)20;1-11(12-4-7-15(17)8-5-12)18-10-14(13-2-3-13)6-9-16(18)19/h4-10,12H,2-3H2,1H3;4-11,13H,2-3H2,1H3. The Balaban J connectivity index is 0.000000158. The first kappa shape index (κ1) is 27.3. The van der Waals surface area contributed by atoms with Gasteiger partial charge in [0.1, 0.15) is 11.6 Å². The lowest BCUT2D eigenvalue weighted by Crippen LogP contribution is -2.24. The summed E-state index contributed by atoms with van der Waals surface area (Å²) in [7, 11) is 0. The molecule has 2 saturated carbocycles. The van der Waals surface area contributed by atoms with E-state index in [0.717, 1.165) is 11.1 Å². The van der Waals surface area contributed by atoms with Crippen molar-refractivity contribution in [2.75, 3.05) is 0 Å². The molecule has 4 aromatic rings. The third-order valence-electron chi connectivity index (χ3n) is 7.62. The molecule has 0 radical (unpaired) electrons. The van der Waals surface area contributed by atoms with Crippen LogP contribution in [0.4, 0.5) is 8.78 Å². The Kier molecular flexibility index (Phi) is 7.98. The molecule has 2 aromatic heterocycles. The minimum atomic E-state index is -0.263. The van der Waals surface area contributed by atoms with E-state index in [1.165, 1.54) is 61.1 Å². The minimum absolute atomic E-state index is 0.0128. The third kappa shape index (κ3) is 6.47. The van der Waals surface area contributed by atoms with Crippen LogP contribution in [-0.4, -0.2) is 9.13 Å². The summed E-state index contributed by atoms with van der Waals surface area (Å²) in [6, 6.07) is 17.9.